The molecule has 0 aliphatic carbocycles. The molecule has 0 amide bonds. The maximum absolute atomic E-state index is 5.94. The van der Waals surface area contributed by atoms with Gasteiger partial charge in [-0.05, 0) is 53.9 Å². The molecule has 0 bridgehead atoms. The molecule has 0 aliphatic rings. The van der Waals surface area contributed by atoms with Crippen LogP contribution in [0.15, 0.2) is 0 Å². The Morgan fingerprint density at radius 1 is 0.733 bits per heavy atom. The van der Waals surface area contributed by atoms with Crippen LogP contribution in [0.2, 0.25) is 26.2 Å². The molecule has 0 aliphatic heterocycles. The predicted molar refractivity (Wildman–Crippen MR) is 70.5 cm³/mol. The van der Waals surface area contributed by atoms with E-state index in [1.54, 1.807) is 0 Å². The lowest BCUT2D eigenvalue weighted by atomic mass is 10.5. The van der Waals surface area contributed by atoms with Gasteiger partial charge in [-0.25, -0.2) is 0 Å². The van der Waals surface area contributed by atoms with E-state index >= 15 is 0 Å². The zero-order chi connectivity index (χ0) is 12.3. The van der Waals surface area contributed by atoms with Crippen LogP contribution < -0.4 is 4.65 Å². The van der Waals surface area contributed by atoms with Crippen molar-refractivity contribution < 1.29 is 8.85 Å². The van der Waals surface area contributed by atoms with Crippen LogP contribution in [0.5, 0.6) is 0 Å². The van der Waals surface area contributed by atoms with E-state index in [4.69, 9.17) is 8.85 Å². The van der Waals surface area contributed by atoms with Crippen molar-refractivity contribution in [3.63, 3.8) is 0 Å². The van der Waals surface area contributed by atoms with Crippen molar-refractivity contribution >= 4 is 17.0 Å². The zero-order valence-electron chi connectivity index (χ0n) is 11.5. The zero-order valence-corrected chi connectivity index (χ0v) is 13.5. The average Bonchev–Trinajstić information content (AvgIpc) is 1.73. The summed E-state index contributed by atoms with van der Waals surface area (Å²) in [6.07, 6.45) is 0.561. The van der Waals surface area contributed by atoms with Gasteiger partial charge in [-0.1, -0.05) is 0 Å². The first-order chi connectivity index (χ1) is 6.54. The molecule has 0 heterocycles. The summed E-state index contributed by atoms with van der Waals surface area (Å²) in [5, 5.41) is 0. The van der Waals surface area contributed by atoms with E-state index in [1.165, 1.54) is 0 Å². The van der Waals surface area contributed by atoms with Gasteiger partial charge in [0.15, 0.2) is 0 Å². The Balaban J connectivity index is 4.29. The molecule has 1 N–H and O–H groups in total. The van der Waals surface area contributed by atoms with E-state index in [-0.39, 0.29) is 12.2 Å². The second-order valence-electron chi connectivity index (χ2n) is 5.48. The Hall–Kier alpha value is 0.314. The molecule has 0 spiro atoms. The van der Waals surface area contributed by atoms with Crippen LogP contribution in [0.1, 0.15) is 27.7 Å². The standard InChI is InChI=1S/C10H27NO2Si2/c1-9(2)12-14(5,6)11-15(7,8)13-10(3)4/h9-11H,1-8H3. The Morgan fingerprint density at radius 2 is 1.00 bits per heavy atom. The fourth-order valence-electron chi connectivity index (χ4n) is 1.96. The maximum Gasteiger partial charge on any atom is 0.257 e. The summed E-state index contributed by atoms with van der Waals surface area (Å²) >= 11 is 0. The highest BCUT2D eigenvalue weighted by atomic mass is 28.4. The van der Waals surface area contributed by atoms with Crippen LogP contribution >= 0.6 is 0 Å². The molecule has 5 heteroatoms. The molecule has 92 valence electrons. The number of hydrogen-bond acceptors (Lipinski definition) is 3. The molecular formula is C10H27NO2Si2. The van der Waals surface area contributed by atoms with Crippen LogP contribution in [-0.4, -0.2) is 29.2 Å². The van der Waals surface area contributed by atoms with Gasteiger partial charge in [0.05, 0.1) is 0 Å². The van der Waals surface area contributed by atoms with Gasteiger partial charge < -0.3 is 13.5 Å². The summed E-state index contributed by atoms with van der Waals surface area (Å²) in [6.45, 7) is 17.1. The van der Waals surface area contributed by atoms with E-state index in [2.05, 4.69) is 58.5 Å². The van der Waals surface area contributed by atoms with Gasteiger partial charge in [0, 0.05) is 12.2 Å². The number of nitrogens with one attached hydrogen (secondary N) is 1. The van der Waals surface area contributed by atoms with Crippen LogP contribution in [0.25, 0.3) is 0 Å². The minimum atomic E-state index is -1.78. The lowest BCUT2D eigenvalue weighted by molar-refractivity contribution is 0.212. The van der Waals surface area contributed by atoms with E-state index in [0.29, 0.717) is 0 Å². The van der Waals surface area contributed by atoms with Crippen molar-refractivity contribution in [2.24, 2.45) is 0 Å². The largest absolute Gasteiger partial charge is 0.401 e. The summed E-state index contributed by atoms with van der Waals surface area (Å²) in [4.78, 5) is 0. The topological polar surface area (TPSA) is 30.5 Å². The summed E-state index contributed by atoms with van der Waals surface area (Å²) < 4.78 is 15.5. The van der Waals surface area contributed by atoms with Crippen LogP contribution in [0.3, 0.4) is 0 Å². The van der Waals surface area contributed by atoms with E-state index < -0.39 is 17.0 Å². The van der Waals surface area contributed by atoms with Gasteiger partial charge in [-0.2, -0.15) is 0 Å². The normalized spacial score (nSPS) is 14.0. The van der Waals surface area contributed by atoms with Crippen molar-refractivity contribution in [3.8, 4) is 0 Å². The molecule has 0 aromatic rings. The first-order valence-corrected chi connectivity index (χ1v) is 11.5. The Kier molecular flexibility index (Phi) is 5.70. The van der Waals surface area contributed by atoms with Gasteiger partial charge in [0.2, 0.25) is 0 Å². The SMILES string of the molecule is CC(C)O[Si](C)(C)N[Si](C)(C)OC(C)C. The lowest BCUT2D eigenvalue weighted by Gasteiger charge is -2.35. The van der Waals surface area contributed by atoms with Crippen LogP contribution in [-0.2, 0) is 8.85 Å². The van der Waals surface area contributed by atoms with Gasteiger partial charge >= 0.3 is 0 Å². The summed E-state index contributed by atoms with van der Waals surface area (Å²) in [7, 11) is -3.56. The van der Waals surface area contributed by atoms with Crippen molar-refractivity contribution in [2.75, 3.05) is 0 Å². The molecule has 3 nitrogen and oxygen atoms in total. The van der Waals surface area contributed by atoms with E-state index in [1.807, 2.05) is 0 Å². The van der Waals surface area contributed by atoms with E-state index in [9.17, 15) is 0 Å². The third-order valence-corrected chi connectivity index (χ3v) is 8.60. The molecule has 0 aromatic heterocycles. The Morgan fingerprint density at radius 3 is 1.20 bits per heavy atom. The maximum atomic E-state index is 5.94. The van der Waals surface area contributed by atoms with Gasteiger partial charge in [0.25, 0.3) is 17.0 Å². The van der Waals surface area contributed by atoms with Crippen molar-refractivity contribution in [1.29, 1.82) is 0 Å². The highest BCUT2D eigenvalue weighted by molar-refractivity contribution is 6.85. The van der Waals surface area contributed by atoms with Crippen molar-refractivity contribution in [1.82, 2.24) is 4.65 Å². The molecule has 0 saturated heterocycles. The van der Waals surface area contributed by atoms with Crippen molar-refractivity contribution in [3.05, 3.63) is 0 Å². The predicted octanol–water partition coefficient (Wildman–Crippen LogP) is 2.83. The molecule has 0 rings (SSSR count). The van der Waals surface area contributed by atoms with Crippen LogP contribution in [0, 0.1) is 0 Å². The molecule has 0 saturated carbocycles. The fourth-order valence-corrected chi connectivity index (χ4v) is 10.6. The number of hydrogen-bond donors (Lipinski definition) is 1. The van der Waals surface area contributed by atoms with Crippen LogP contribution in [0.4, 0.5) is 0 Å². The second kappa shape index (κ2) is 5.59. The molecule has 0 aromatic carbocycles. The number of rotatable bonds is 6. The second-order valence-corrected chi connectivity index (χ2v) is 13.0. The first-order valence-electron chi connectivity index (χ1n) is 5.69. The molecular weight excluding hydrogens is 222 g/mol. The fraction of sp³-hybridized carbons (Fsp3) is 1.00. The third kappa shape index (κ3) is 8.16. The molecule has 0 unspecified atom stereocenters. The highest BCUT2D eigenvalue weighted by Gasteiger charge is 2.35. The Bertz CT molecular complexity index is 174. The van der Waals surface area contributed by atoms with E-state index in [0.717, 1.165) is 0 Å². The molecule has 15 heavy (non-hydrogen) atoms. The minimum absolute atomic E-state index is 0.281. The quantitative estimate of drug-likeness (QED) is 0.734. The minimum Gasteiger partial charge on any atom is -0.401 e. The third-order valence-electron chi connectivity index (χ3n) is 1.66. The first kappa shape index (κ1) is 15.3. The monoisotopic (exact) mass is 249 g/mol. The molecule has 0 fully saturated rings. The summed E-state index contributed by atoms with van der Waals surface area (Å²) in [5.41, 5.74) is 0. The lowest BCUT2D eigenvalue weighted by Crippen LogP contribution is -2.63. The van der Waals surface area contributed by atoms with Gasteiger partial charge in [0.1, 0.15) is 0 Å². The van der Waals surface area contributed by atoms with Gasteiger partial charge in [-0.15, -0.1) is 0 Å². The summed E-state index contributed by atoms with van der Waals surface area (Å²) in [6, 6.07) is 0. The van der Waals surface area contributed by atoms with Gasteiger partial charge in [-0.3, -0.25) is 0 Å². The summed E-state index contributed by atoms with van der Waals surface area (Å²) in [5.74, 6) is 0. The average molecular weight is 250 g/mol. The molecule has 0 radical (unpaired) electrons. The molecule has 0 atom stereocenters. The van der Waals surface area contributed by atoms with Crippen molar-refractivity contribution in [2.45, 2.75) is 66.1 Å². The Labute approximate surface area is 97.0 Å². The smallest absolute Gasteiger partial charge is 0.257 e. The highest BCUT2D eigenvalue weighted by Crippen LogP contribution is 2.11.